The largest absolute Gasteiger partial charge is 0.497 e. The Bertz CT molecular complexity index is 1500. The molecule has 1 aliphatic heterocycles. The van der Waals surface area contributed by atoms with Gasteiger partial charge in [0, 0.05) is 37.3 Å². The second-order valence-corrected chi connectivity index (χ2v) is 8.99. The highest BCUT2D eigenvalue weighted by Crippen LogP contribution is 2.38. The number of aromatic nitrogens is 5. The van der Waals surface area contributed by atoms with Crippen LogP contribution in [0.25, 0.3) is 22.3 Å². The summed E-state index contributed by atoms with van der Waals surface area (Å²) in [7, 11) is 4.74. The number of amides is 1. The van der Waals surface area contributed by atoms with Crippen LogP contribution in [0.1, 0.15) is 46.0 Å². The first-order valence-corrected chi connectivity index (χ1v) is 11.4. The van der Waals surface area contributed by atoms with Crippen molar-refractivity contribution in [1.29, 1.82) is 0 Å². The summed E-state index contributed by atoms with van der Waals surface area (Å²) in [6.07, 6.45) is -4.09. The number of pyridine rings is 1. The number of benzene rings is 1. The third-order valence-corrected chi connectivity index (χ3v) is 6.69. The predicted molar refractivity (Wildman–Crippen MR) is 127 cm³/mol. The standard InChI is InChI=1S/C25H25F3N6O2/c1-13-10-18(17-11-15(36-5)6-7-19(17)29-13)24(35)34-9-8-16-22(14(34)2)31-33(4)23(16)20-12-21(25(26,27)28)30-32(20)3/h6-7,10-12,14H,8-9H2,1-5H3/t14-/m0/s1. The maximum Gasteiger partial charge on any atom is 0.435 e. The van der Waals surface area contributed by atoms with Crippen LogP contribution in [0, 0.1) is 6.92 Å². The number of carbonyl (C=O) groups is 1. The lowest BCUT2D eigenvalue weighted by molar-refractivity contribution is -0.141. The molecule has 0 saturated carbocycles. The number of nitrogens with zero attached hydrogens (tertiary/aromatic N) is 6. The molecule has 0 spiro atoms. The summed E-state index contributed by atoms with van der Waals surface area (Å²) in [4.78, 5) is 20.1. The number of hydrogen-bond acceptors (Lipinski definition) is 5. The van der Waals surface area contributed by atoms with Gasteiger partial charge in [-0.3, -0.25) is 19.1 Å². The average Bonchev–Trinajstić information content (AvgIpc) is 3.37. The molecule has 0 radical (unpaired) electrons. The van der Waals surface area contributed by atoms with Crippen LogP contribution in [0.15, 0.2) is 30.3 Å². The molecule has 0 aliphatic carbocycles. The van der Waals surface area contributed by atoms with Crippen LogP contribution in [-0.4, -0.2) is 49.0 Å². The van der Waals surface area contributed by atoms with E-state index in [9.17, 15) is 18.0 Å². The minimum Gasteiger partial charge on any atom is -0.497 e. The van der Waals surface area contributed by atoms with Crippen LogP contribution in [0.3, 0.4) is 0 Å². The summed E-state index contributed by atoms with van der Waals surface area (Å²) in [6.45, 7) is 4.11. The van der Waals surface area contributed by atoms with Crippen LogP contribution >= 0.6 is 0 Å². The first-order valence-electron chi connectivity index (χ1n) is 11.4. The average molecular weight is 499 g/mol. The van der Waals surface area contributed by atoms with Gasteiger partial charge in [-0.05, 0) is 50.6 Å². The van der Waals surface area contributed by atoms with Crippen LogP contribution < -0.4 is 4.74 Å². The third-order valence-electron chi connectivity index (χ3n) is 6.69. The van der Waals surface area contributed by atoms with Gasteiger partial charge in [-0.2, -0.15) is 23.4 Å². The monoisotopic (exact) mass is 498 g/mol. The minimum absolute atomic E-state index is 0.163. The third kappa shape index (κ3) is 3.78. The van der Waals surface area contributed by atoms with E-state index in [4.69, 9.17) is 4.74 Å². The highest BCUT2D eigenvalue weighted by Gasteiger charge is 2.38. The number of rotatable bonds is 3. The SMILES string of the molecule is COc1ccc2nc(C)cc(C(=O)N3CCc4c(nn(C)c4-c4cc(C(F)(F)F)nn4C)[C@@H]3C)c2c1. The maximum atomic E-state index is 13.8. The van der Waals surface area contributed by atoms with Gasteiger partial charge < -0.3 is 9.64 Å². The zero-order valence-corrected chi connectivity index (χ0v) is 20.5. The summed E-state index contributed by atoms with van der Waals surface area (Å²) in [5.74, 6) is 0.462. The van der Waals surface area contributed by atoms with Crippen molar-refractivity contribution in [3.05, 3.63) is 58.5 Å². The molecule has 11 heteroatoms. The van der Waals surface area contributed by atoms with Gasteiger partial charge in [0.1, 0.15) is 5.75 Å². The number of aryl methyl sites for hydroxylation is 3. The Morgan fingerprint density at radius 2 is 1.86 bits per heavy atom. The molecular weight excluding hydrogens is 473 g/mol. The molecule has 4 aromatic rings. The van der Waals surface area contributed by atoms with Gasteiger partial charge in [0.05, 0.1) is 41.3 Å². The Balaban J connectivity index is 1.54. The predicted octanol–water partition coefficient (Wildman–Crippen LogP) is 4.46. The molecule has 5 rings (SSSR count). The van der Waals surface area contributed by atoms with Crippen molar-refractivity contribution in [2.45, 2.75) is 32.5 Å². The summed E-state index contributed by atoms with van der Waals surface area (Å²) >= 11 is 0. The van der Waals surface area contributed by atoms with E-state index in [2.05, 4.69) is 15.2 Å². The quantitative estimate of drug-likeness (QED) is 0.417. The second kappa shape index (κ2) is 8.35. The number of methoxy groups -OCH3 is 1. The van der Waals surface area contributed by atoms with Gasteiger partial charge in [-0.1, -0.05) is 0 Å². The maximum absolute atomic E-state index is 13.8. The van der Waals surface area contributed by atoms with Crippen molar-refractivity contribution in [3.63, 3.8) is 0 Å². The van der Waals surface area contributed by atoms with Crippen LogP contribution in [-0.2, 0) is 26.7 Å². The van der Waals surface area contributed by atoms with E-state index in [1.165, 1.54) is 11.7 Å². The van der Waals surface area contributed by atoms with Gasteiger partial charge in [-0.25, -0.2) is 0 Å². The molecule has 3 aromatic heterocycles. The second-order valence-electron chi connectivity index (χ2n) is 8.99. The molecule has 1 aliphatic rings. The van der Waals surface area contributed by atoms with E-state index in [0.29, 0.717) is 52.3 Å². The number of ether oxygens (including phenoxy) is 1. The Morgan fingerprint density at radius 1 is 1.11 bits per heavy atom. The molecule has 0 fully saturated rings. The smallest absolute Gasteiger partial charge is 0.435 e. The van der Waals surface area contributed by atoms with E-state index in [1.807, 2.05) is 19.9 Å². The Kier molecular flexibility index (Phi) is 5.53. The lowest BCUT2D eigenvalue weighted by atomic mass is 9.96. The van der Waals surface area contributed by atoms with E-state index in [-0.39, 0.29) is 11.9 Å². The fraction of sp³-hybridized carbons (Fsp3) is 0.360. The molecule has 8 nitrogen and oxygen atoms in total. The van der Waals surface area contributed by atoms with E-state index in [0.717, 1.165) is 17.3 Å². The topological polar surface area (TPSA) is 78.1 Å². The number of alkyl halides is 3. The molecule has 0 unspecified atom stereocenters. The van der Waals surface area contributed by atoms with E-state index < -0.39 is 11.9 Å². The Hall–Kier alpha value is -3.89. The summed E-state index contributed by atoms with van der Waals surface area (Å²) in [5.41, 5.74) is 3.37. The highest BCUT2D eigenvalue weighted by molar-refractivity contribution is 6.06. The summed E-state index contributed by atoms with van der Waals surface area (Å²) in [6, 6.07) is 7.85. The molecule has 4 heterocycles. The van der Waals surface area contributed by atoms with Crippen molar-refractivity contribution in [1.82, 2.24) is 29.4 Å². The zero-order valence-electron chi connectivity index (χ0n) is 20.5. The van der Waals surface area contributed by atoms with E-state index in [1.54, 1.807) is 41.9 Å². The van der Waals surface area contributed by atoms with Crippen molar-refractivity contribution < 1.29 is 22.7 Å². The molecule has 0 saturated heterocycles. The van der Waals surface area contributed by atoms with Gasteiger partial charge in [0.25, 0.3) is 5.91 Å². The molecule has 1 aromatic carbocycles. The van der Waals surface area contributed by atoms with Gasteiger partial charge in [0.2, 0.25) is 0 Å². The van der Waals surface area contributed by atoms with Gasteiger partial charge in [-0.15, -0.1) is 0 Å². The number of halogens is 3. The summed E-state index contributed by atoms with van der Waals surface area (Å²) < 4.78 is 47.9. The van der Waals surface area contributed by atoms with Crippen molar-refractivity contribution in [2.75, 3.05) is 13.7 Å². The number of carbonyl (C=O) groups excluding carboxylic acids is 1. The first kappa shape index (κ1) is 23.8. The Morgan fingerprint density at radius 3 is 2.53 bits per heavy atom. The zero-order chi connectivity index (χ0) is 25.9. The molecule has 1 atom stereocenters. The fourth-order valence-corrected chi connectivity index (χ4v) is 4.97. The minimum atomic E-state index is -4.54. The molecule has 0 bridgehead atoms. The van der Waals surface area contributed by atoms with Gasteiger partial charge >= 0.3 is 6.18 Å². The van der Waals surface area contributed by atoms with Crippen LogP contribution in [0.4, 0.5) is 13.2 Å². The molecule has 0 N–H and O–H groups in total. The van der Waals surface area contributed by atoms with E-state index >= 15 is 0 Å². The lowest BCUT2D eigenvalue weighted by Gasteiger charge is -2.33. The van der Waals surface area contributed by atoms with Gasteiger partial charge in [0.15, 0.2) is 5.69 Å². The van der Waals surface area contributed by atoms with Crippen molar-refractivity contribution in [3.8, 4) is 17.1 Å². The van der Waals surface area contributed by atoms with Crippen LogP contribution in [0.5, 0.6) is 5.75 Å². The lowest BCUT2D eigenvalue weighted by Crippen LogP contribution is -2.39. The summed E-state index contributed by atoms with van der Waals surface area (Å²) in [5, 5.41) is 8.97. The molecule has 36 heavy (non-hydrogen) atoms. The molecule has 1 amide bonds. The Labute approximate surface area is 205 Å². The highest BCUT2D eigenvalue weighted by atomic mass is 19.4. The fourth-order valence-electron chi connectivity index (χ4n) is 4.97. The number of hydrogen-bond donors (Lipinski definition) is 0. The normalized spacial score (nSPS) is 15.9. The first-order chi connectivity index (χ1) is 17.0. The van der Waals surface area contributed by atoms with Crippen molar-refractivity contribution in [2.24, 2.45) is 14.1 Å². The molecular formula is C25H25F3N6O2. The van der Waals surface area contributed by atoms with Crippen LogP contribution in [0.2, 0.25) is 0 Å². The number of fused-ring (bicyclic) bond motifs is 2. The molecule has 188 valence electrons. The van der Waals surface area contributed by atoms with Crippen molar-refractivity contribution >= 4 is 16.8 Å².